The van der Waals surface area contributed by atoms with E-state index in [0.29, 0.717) is 34.7 Å². The highest BCUT2D eigenvalue weighted by Gasteiger charge is 2.37. The largest absolute Gasteiger partial charge is 0.497 e. The molecule has 1 fully saturated rings. The topological polar surface area (TPSA) is 51.8 Å². The summed E-state index contributed by atoms with van der Waals surface area (Å²) in [6.07, 6.45) is 0.295. The molecule has 0 radical (unpaired) electrons. The SMILES string of the molecule is COc1ccc(OC)c(C(O)c2ccc(C3CC3C)o2)c1. The predicted molar refractivity (Wildman–Crippen MR) is 78.8 cm³/mol. The van der Waals surface area contributed by atoms with Gasteiger partial charge in [-0.15, -0.1) is 0 Å². The first-order valence-corrected chi connectivity index (χ1v) is 7.13. The van der Waals surface area contributed by atoms with Crippen LogP contribution in [0.3, 0.4) is 0 Å². The van der Waals surface area contributed by atoms with Gasteiger partial charge in [-0.2, -0.15) is 0 Å². The lowest BCUT2D eigenvalue weighted by Gasteiger charge is -2.14. The van der Waals surface area contributed by atoms with Crippen LogP contribution in [0.1, 0.15) is 42.5 Å². The Hall–Kier alpha value is -1.94. The van der Waals surface area contributed by atoms with E-state index in [1.807, 2.05) is 12.1 Å². The number of methoxy groups -OCH3 is 2. The van der Waals surface area contributed by atoms with E-state index in [0.717, 1.165) is 12.2 Å². The summed E-state index contributed by atoms with van der Waals surface area (Å²) in [6, 6.07) is 9.15. The van der Waals surface area contributed by atoms with E-state index in [2.05, 4.69) is 6.92 Å². The standard InChI is InChI=1S/C17H20O4/c1-10-8-12(10)15-6-7-16(21-15)17(18)13-9-11(19-2)4-5-14(13)20-3/h4-7,9-10,12,17-18H,8H2,1-3H3. The monoisotopic (exact) mass is 288 g/mol. The van der Waals surface area contributed by atoms with Gasteiger partial charge in [0.25, 0.3) is 0 Å². The first-order valence-electron chi connectivity index (χ1n) is 7.13. The van der Waals surface area contributed by atoms with Crippen LogP contribution in [-0.4, -0.2) is 19.3 Å². The van der Waals surface area contributed by atoms with E-state index in [1.165, 1.54) is 0 Å². The second kappa shape index (κ2) is 5.45. The van der Waals surface area contributed by atoms with Crippen molar-refractivity contribution in [2.45, 2.75) is 25.4 Å². The van der Waals surface area contributed by atoms with E-state index >= 15 is 0 Å². The van der Waals surface area contributed by atoms with Crippen LogP contribution < -0.4 is 9.47 Å². The maximum absolute atomic E-state index is 10.6. The summed E-state index contributed by atoms with van der Waals surface area (Å²) in [7, 11) is 3.18. The first kappa shape index (κ1) is 14.0. The van der Waals surface area contributed by atoms with Crippen molar-refractivity contribution in [1.29, 1.82) is 0 Å². The van der Waals surface area contributed by atoms with E-state index in [9.17, 15) is 5.11 Å². The summed E-state index contributed by atoms with van der Waals surface area (Å²) in [6.45, 7) is 2.20. The van der Waals surface area contributed by atoms with Crippen molar-refractivity contribution in [3.63, 3.8) is 0 Å². The summed E-state index contributed by atoms with van der Waals surface area (Å²) in [5.74, 6) is 3.95. The Labute approximate surface area is 124 Å². The van der Waals surface area contributed by atoms with Gasteiger partial charge in [-0.05, 0) is 42.7 Å². The number of hydrogen-bond donors (Lipinski definition) is 1. The zero-order valence-corrected chi connectivity index (χ0v) is 12.5. The van der Waals surface area contributed by atoms with Crippen LogP contribution in [0.4, 0.5) is 0 Å². The second-order valence-electron chi connectivity index (χ2n) is 5.57. The third kappa shape index (κ3) is 2.63. The van der Waals surface area contributed by atoms with Crippen molar-refractivity contribution in [3.05, 3.63) is 47.4 Å². The van der Waals surface area contributed by atoms with E-state index in [4.69, 9.17) is 13.9 Å². The number of furan rings is 1. The van der Waals surface area contributed by atoms with Crippen LogP contribution >= 0.6 is 0 Å². The predicted octanol–water partition coefficient (Wildman–Crippen LogP) is 3.50. The highest BCUT2D eigenvalue weighted by Crippen LogP contribution is 2.48. The molecule has 0 saturated heterocycles. The minimum Gasteiger partial charge on any atom is -0.497 e. The minimum absolute atomic E-state index is 0.498. The molecule has 1 heterocycles. The minimum atomic E-state index is -0.863. The molecule has 0 bridgehead atoms. The molecular formula is C17H20O4. The lowest BCUT2D eigenvalue weighted by Crippen LogP contribution is -2.02. The molecule has 4 nitrogen and oxygen atoms in total. The van der Waals surface area contributed by atoms with Crippen molar-refractivity contribution in [1.82, 2.24) is 0 Å². The molecule has 1 aromatic carbocycles. The normalized spacial score (nSPS) is 21.9. The van der Waals surface area contributed by atoms with Crippen LogP contribution in [0.25, 0.3) is 0 Å². The number of aliphatic hydroxyl groups is 1. The highest BCUT2D eigenvalue weighted by atomic mass is 16.5. The number of benzene rings is 1. The maximum atomic E-state index is 10.6. The Balaban J connectivity index is 1.90. The fourth-order valence-corrected chi connectivity index (χ4v) is 2.64. The summed E-state index contributed by atoms with van der Waals surface area (Å²) >= 11 is 0. The molecule has 1 aliphatic rings. The number of aliphatic hydroxyl groups excluding tert-OH is 1. The summed E-state index contributed by atoms with van der Waals surface area (Å²) in [4.78, 5) is 0. The number of ether oxygens (including phenoxy) is 2. The average Bonchev–Trinajstić information content (AvgIpc) is 3.04. The molecule has 0 amide bonds. The third-order valence-corrected chi connectivity index (χ3v) is 4.12. The molecule has 0 spiro atoms. The third-order valence-electron chi connectivity index (χ3n) is 4.12. The fourth-order valence-electron chi connectivity index (χ4n) is 2.64. The Morgan fingerprint density at radius 2 is 1.95 bits per heavy atom. The zero-order chi connectivity index (χ0) is 15.0. The van der Waals surface area contributed by atoms with Gasteiger partial charge >= 0.3 is 0 Å². The van der Waals surface area contributed by atoms with Gasteiger partial charge in [-0.3, -0.25) is 0 Å². The summed E-state index contributed by atoms with van der Waals surface area (Å²) < 4.78 is 16.3. The quantitative estimate of drug-likeness (QED) is 0.915. The Morgan fingerprint density at radius 3 is 2.57 bits per heavy atom. The smallest absolute Gasteiger partial charge is 0.140 e. The molecule has 4 heteroatoms. The van der Waals surface area contributed by atoms with Crippen molar-refractivity contribution >= 4 is 0 Å². The van der Waals surface area contributed by atoms with Crippen LogP contribution in [-0.2, 0) is 0 Å². The van der Waals surface area contributed by atoms with Gasteiger partial charge in [-0.1, -0.05) is 6.92 Å². The molecule has 2 aromatic rings. The molecule has 3 unspecified atom stereocenters. The lowest BCUT2D eigenvalue weighted by atomic mass is 10.1. The van der Waals surface area contributed by atoms with E-state index in [1.54, 1.807) is 32.4 Å². The van der Waals surface area contributed by atoms with Crippen LogP contribution in [0.5, 0.6) is 11.5 Å². The molecular weight excluding hydrogens is 268 g/mol. The van der Waals surface area contributed by atoms with Gasteiger partial charge in [0.1, 0.15) is 29.1 Å². The molecule has 112 valence electrons. The van der Waals surface area contributed by atoms with Gasteiger partial charge < -0.3 is 19.0 Å². The van der Waals surface area contributed by atoms with Crippen LogP contribution in [0.2, 0.25) is 0 Å². The summed E-state index contributed by atoms with van der Waals surface area (Å²) in [5, 5.41) is 10.6. The molecule has 1 N–H and O–H groups in total. The molecule has 3 rings (SSSR count). The molecule has 1 saturated carbocycles. The van der Waals surface area contributed by atoms with E-state index < -0.39 is 6.10 Å². The van der Waals surface area contributed by atoms with Crippen molar-refractivity contribution in [2.24, 2.45) is 5.92 Å². The van der Waals surface area contributed by atoms with Crippen molar-refractivity contribution < 1.29 is 19.0 Å². The van der Waals surface area contributed by atoms with Gasteiger partial charge in [0.2, 0.25) is 0 Å². The lowest BCUT2D eigenvalue weighted by molar-refractivity contribution is 0.182. The Kier molecular flexibility index (Phi) is 3.64. The Bertz CT molecular complexity index is 631. The second-order valence-corrected chi connectivity index (χ2v) is 5.57. The Morgan fingerprint density at radius 1 is 1.19 bits per heavy atom. The van der Waals surface area contributed by atoms with Crippen molar-refractivity contribution in [3.8, 4) is 11.5 Å². The highest BCUT2D eigenvalue weighted by molar-refractivity contribution is 5.44. The van der Waals surface area contributed by atoms with Gasteiger partial charge in [0, 0.05) is 11.5 Å². The molecule has 21 heavy (non-hydrogen) atoms. The fraction of sp³-hybridized carbons (Fsp3) is 0.412. The number of hydrogen-bond acceptors (Lipinski definition) is 4. The van der Waals surface area contributed by atoms with Crippen LogP contribution in [0.15, 0.2) is 34.7 Å². The van der Waals surface area contributed by atoms with Crippen molar-refractivity contribution in [2.75, 3.05) is 14.2 Å². The van der Waals surface area contributed by atoms with Gasteiger partial charge in [0.05, 0.1) is 14.2 Å². The maximum Gasteiger partial charge on any atom is 0.140 e. The molecule has 0 aliphatic heterocycles. The average molecular weight is 288 g/mol. The summed E-state index contributed by atoms with van der Waals surface area (Å²) in [5.41, 5.74) is 0.640. The molecule has 3 atom stereocenters. The van der Waals surface area contributed by atoms with Gasteiger partial charge in [0.15, 0.2) is 0 Å². The molecule has 1 aromatic heterocycles. The first-order chi connectivity index (χ1) is 10.1. The van der Waals surface area contributed by atoms with Gasteiger partial charge in [-0.25, -0.2) is 0 Å². The zero-order valence-electron chi connectivity index (χ0n) is 12.5. The van der Waals surface area contributed by atoms with E-state index in [-0.39, 0.29) is 0 Å². The van der Waals surface area contributed by atoms with Crippen LogP contribution in [0, 0.1) is 5.92 Å². The molecule has 1 aliphatic carbocycles. The number of rotatable bonds is 5.